The first-order chi connectivity index (χ1) is 14.8. The Kier molecular flexibility index (Phi) is 12.6. The molecule has 3 unspecified atom stereocenters. The summed E-state index contributed by atoms with van der Waals surface area (Å²) in [4.78, 5) is 38.0. The van der Waals surface area contributed by atoms with Gasteiger partial charge in [0.05, 0.1) is 18.1 Å². The Balaban J connectivity index is 0.000000293. The van der Waals surface area contributed by atoms with E-state index in [4.69, 9.17) is 19.3 Å². The third kappa shape index (κ3) is 9.50. The highest BCUT2D eigenvalue weighted by Gasteiger charge is 2.35. The molecular formula is C18H28N3O8PS. The molecule has 2 aromatic rings. The molecule has 0 saturated carbocycles. The van der Waals surface area contributed by atoms with E-state index in [1.807, 2.05) is 26.2 Å². The molecule has 5 N–H and O–H groups in total. The number of rotatable bonds is 6. The van der Waals surface area contributed by atoms with Crippen molar-refractivity contribution in [1.82, 2.24) is 9.97 Å². The molecule has 3 heterocycles. The summed E-state index contributed by atoms with van der Waals surface area (Å²) in [6.07, 6.45) is -1.09. The third-order valence-corrected chi connectivity index (χ3v) is 5.37. The maximum Gasteiger partial charge on any atom is 0.346 e. The average Bonchev–Trinajstić information content (AvgIpc) is 3.34. The van der Waals surface area contributed by atoms with Crippen LogP contribution < -0.4 is 11.0 Å². The van der Waals surface area contributed by atoms with Crippen LogP contribution in [-0.2, 0) is 13.8 Å². The summed E-state index contributed by atoms with van der Waals surface area (Å²) in [6.45, 7) is 6.02. The van der Waals surface area contributed by atoms with Crippen LogP contribution in [0.1, 0.15) is 29.1 Å². The number of anilines is 1. The standard InChI is InChI=1S/C10H9N3O2S.C6H13O6P.C2H6/c1-6-4-7(16-5-6)9(14)12-8-2-3-11-10(15)13-8;1-10-13(9)12-3-5-6(8)4(7)2-11-5;1-2/h2-5H,1H3,(H2,11,12,13,14,15);4-9H,2-3H2,1H3;1-2H3/t;4?,5-,6?,13?;/m.1./s1. The summed E-state index contributed by atoms with van der Waals surface area (Å²) < 4.78 is 14.3. The summed E-state index contributed by atoms with van der Waals surface area (Å²) in [7, 11) is -0.589. The van der Waals surface area contributed by atoms with E-state index < -0.39 is 32.6 Å². The Morgan fingerprint density at radius 3 is 2.68 bits per heavy atom. The van der Waals surface area contributed by atoms with Gasteiger partial charge in [0.15, 0.2) is 0 Å². The zero-order valence-corrected chi connectivity index (χ0v) is 19.4. The zero-order valence-electron chi connectivity index (χ0n) is 17.6. The molecule has 1 fully saturated rings. The fourth-order valence-corrected chi connectivity index (χ4v) is 3.35. The highest BCUT2D eigenvalue weighted by atomic mass is 32.1. The van der Waals surface area contributed by atoms with E-state index in [1.54, 1.807) is 6.07 Å². The first-order valence-corrected chi connectivity index (χ1v) is 11.4. The van der Waals surface area contributed by atoms with Crippen LogP contribution >= 0.6 is 19.9 Å². The smallest absolute Gasteiger partial charge is 0.346 e. The number of amides is 1. The number of nitrogens with one attached hydrogen (secondary N) is 2. The van der Waals surface area contributed by atoms with Gasteiger partial charge in [-0.25, -0.2) is 9.78 Å². The van der Waals surface area contributed by atoms with Crippen LogP contribution in [0.2, 0.25) is 0 Å². The van der Waals surface area contributed by atoms with Crippen LogP contribution in [0.15, 0.2) is 28.5 Å². The first kappa shape index (κ1) is 27.3. The second-order valence-corrected chi connectivity index (χ2v) is 7.89. The molecule has 1 amide bonds. The van der Waals surface area contributed by atoms with Crippen molar-refractivity contribution in [2.24, 2.45) is 0 Å². The quantitative estimate of drug-likeness (QED) is 0.387. The van der Waals surface area contributed by atoms with E-state index in [2.05, 4.69) is 19.8 Å². The summed E-state index contributed by atoms with van der Waals surface area (Å²) in [5, 5.41) is 22.8. The maximum atomic E-state index is 11.7. The molecule has 1 saturated heterocycles. The second-order valence-electron chi connectivity index (χ2n) is 5.88. The average molecular weight is 477 g/mol. The number of aromatic amines is 1. The molecule has 31 heavy (non-hydrogen) atoms. The first-order valence-electron chi connectivity index (χ1n) is 9.35. The molecule has 3 rings (SSSR count). The third-order valence-electron chi connectivity index (χ3n) is 3.64. The minimum absolute atomic E-state index is 0.00820. The normalized spacial score (nSPS) is 20.7. The summed E-state index contributed by atoms with van der Waals surface area (Å²) in [5.74, 6) is 0.107. The number of hydrogen-bond donors (Lipinski definition) is 5. The number of ether oxygens (including phenoxy) is 1. The summed E-state index contributed by atoms with van der Waals surface area (Å²) >= 11 is 1.36. The van der Waals surface area contributed by atoms with Crippen molar-refractivity contribution < 1.29 is 33.7 Å². The van der Waals surface area contributed by atoms with Gasteiger partial charge >= 0.3 is 14.3 Å². The van der Waals surface area contributed by atoms with Crippen molar-refractivity contribution in [2.45, 2.75) is 39.1 Å². The van der Waals surface area contributed by atoms with Gasteiger partial charge in [0, 0.05) is 13.3 Å². The maximum absolute atomic E-state index is 11.7. The fourth-order valence-electron chi connectivity index (χ4n) is 2.18. The lowest BCUT2D eigenvalue weighted by atomic mass is 10.2. The van der Waals surface area contributed by atoms with E-state index in [9.17, 15) is 14.7 Å². The van der Waals surface area contributed by atoms with E-state index in [-0.39, 0.29) is 19.1 Å². The van der Waals surface area contributed by atoms with Gasteiger partial charge in [-0.2, -0.15) is 0 Å². The Morgan fingerprint density at radius 1 is 1.45 bits per heavy atom. The SMILES string of the molecule is CC.COP(O)OC[C@H]1OCC(O)C1O.Cc1csc(C(=O)Nc2ccnc(=O)[nH]2)c1. The molecule has 0 aromatic carbocycles. The van der Waals surface area contributed by atoms with Crippen molar-refractivity contribution in [3.63, 3.8) is 0 Å². The van der Waals surface area contributed by atoms with E-state index in [0.29, 0.717) is 10.7 Å². The molecule has 0 aliphatic carbocycles. The highest BCUT2D eigenvalue weighted by Crippen LogP contribution is 2.32. The lowest BCUT2D eigenvalue weighted by molar-refractivity contribution is -0.00298. The van der Waals surface area contributed by atoms with Crippen molar-refractivity contribution >= 4 is 31.7 Å². The predicted molar refractivity (Wildman–Crippen MR) is 117 cm³/mol. The zero-order chi connectivity index (χ0) is 23.4. The molecule has 1 aliphatic rings. The number of H-pyrrole nitrogens is 1. The van der Waals surface area contributed by atoms with E-state index in [0.717, 1.165) is 5.56 Å². The van der Waals surface area contributed by atoms with E-state index >= 15 is 0 Å². The monoisotopic (exact) mass is 477 g/mol. The van der Waals surface area contributed by atoms with Gasteiger partial charge in [0.1, 0.15) is 24.1 Å². The molecule has 1 aliphatic heterocycles. The molecule has 11 nitrogen and oxygen atoms in total. The Morgan fingerprint density at radius 2 is 2.16 bits per heavy atom. The van der Waals surface area contributed by atoms with Gasteiger partial charge in [-0.05, 0) is 30.0 Å². The van der Waals surface area contributed by atoms with E-state index in [1.165, 1.54) is 30.7 Å². The topological polar surface area (TPSA) is 163 Å². The number of aryl methyl sites for hydroxylation is 1. The molecule has 2 aromatic heterocycles. The number of thiophene rings is 1. The van der Waals surface area contributed by atoms with Gasteiger partial charge in [0.2, 0.25) is 0 Å². The van der Waals surface area contributed by atoms with Gasteiger partial charge in [0.25, 0.3) is 5.91 Å². The predicted octanol–water partition coefficient (Wildman–Crippen LogP) is 1.41. The highest BCUT2D eigenvalue weighted by molar-refractivity contribution is 7.40. The number of carbonyl (C=O) groups is 1. The fraction of sp³-hybridized carbons (Fsp3) is 0.500. The Bertz CT molecular complexity index is 849. The van der Waals surface area contributed by atoms with Crippen molar-refractivity contribution in [2.75, 3.05) is 25.6 Å². The van der Waals surface area contributed by atoms with Crippen LogP contribution in [0, 0.1) is 6.92 Å². The lowest BCUT2D eigenvalue weighted by Crippen LogP contribution is -2.32. The number of aliphatic hydroxyl groups excluding tert-OH is 2. The number of aromatic nitrogens is 2. The number of carbonyl (C=O) groups excluding carboxylic acids is 1. The van der Waals surface area contributed by atoms with Crippen LogP contribution in [0.5, 0.6) is 0 Å². The Hall–Kier alpha value is -1.76. The molecule has 0 spiro atoms. The molecule has 0 bridgehead atoms. The lowest BCUT2D eigenvalue weighted by Gasteiger charge is -2.15. The van der Waals surface area contributed by atoms with Gasteiger partial charge in [-0.1, -0.05) is 13.8 Å². The van der Waals surface area contributed by atoms with Gasteiger partial charge in [-0.15, -0.1) is 11.3 Å². The Labute approximate surface area is 185 Å². The van der Waals surface area contributed by atoms with Gasteiger partial charge < -0.3 is 34.2 Å². The largest absolute Gasteiger partial charge is 0.388 e. The number of nitrogens with zero attached hydrogens (tertiary/aromatic N) is 1. The van der Waals surface area contributed by atoms with Crippen molar-refractivity contribution in [3.05, 3.63) is 44.6 Å². The van der Waals surface area contributed by atoms with Crippen LogP contribution in [0.3, 0.4) is 0 Å². The van der Waals surface area contributed by atoms with Crippen molar-refractivity contribution in [1.29, 1.82) is 0 Å². The minimum atomic E-state index is -1.90. The summed E-state index contributed by atoms with van der Waals surface area (Å²) in [6, 6.07) is 3.32. The number of aliphatic hydroxyl groups is 2. The van der Waals surface area contributed by atoms with Crippen LogP contribution in [0.25, 0.3) is 0 Å². The molecule has 13 heteroatoms. The minimum Gasteiger partial charge on any atom is -0.388 e. The summed E-state index contributed by atoms with van der Waals surface area (Å²) in [5.41, 5.74) is 0.554. The van der Waals surface area contributed by atoms with Crippen molar-refractivity contribution in [3.8, 4) is 0 Å². The number of hydrogen-bond acceptors (Lipinski definition) is 10. The van der Waals surface area contributed by atoms with Crippen LogP contribution in [0.4, 0.5) is 5.82 Å². The molecule has 4 atom stereocenters. The molecule has 0 radical (unpaired) electrons. The second kappa shape index (κ2) is 14.3. The van der Waals surface area contributed by atoms with Crippen LogP contribution in [-0.4, -0.2) is 69.6 Å². The van der Waals surface area contributed by atoms with Gasteiger partial charge in [-0.3, -0.25) is 9.78 Å². The molecular weight excluding hydrogens is 449 g/mol. The molecule has 174 valence electrons.